The first-order valence-electron chi connectivity index (χ1n) is 5.39. The molecule has 70 valence electrons. The Morgan fingerprint density at radius 3 is 3.00 bits per heavy atom. The lowest BCUT2D eigenvalue weighted by Crippen LogP contribution is -1.96. The van der Waals surface area contributed by atoms with Gasteiger partial charge in [0, 0.05) is 5.92 Å². The van der Waals surface area contributed by atoms with E-state index >= 15 is 0 Å². The molecule has 2 aliphatic rings. The minimum absolute atomic E-state index is 0.709. The summed E-state index contributed by atoms with van der Waals surface area (Å²) < 4.78 is 0. The van der Waals surface area contributed by atoms with Crippen LogP contribution in [0.4, 0.5) is 0 Å². The van der Waals surface area contributed by atoms with E-state index in [0.29, 0.717) is 5.92 Å². The molecule has 1 atom stereocenters. The lowest BCUT2D eigenvalue weighted by atomic mass is 9.91. The van der Waals surface area contributed by atoms with Crippen molar-refractivity contribution in [2.75, 3.05) is 0 Å². The number of hydrogen-bond donors (Lipinski definition) is 0. The van der Waals surface area contributed by atoms with E-state index in [4.69, 9.17) is 0 Å². The van der Waals surface area contributed by atoms with Crippen LogP contribution in [0, 0.1) is 0 Å². The minimum Gasteiger partial charge on any atom is -0.0882 e. The fourth-order valence-corrected chi connectivity index (χ4v) is 2.60. The van der Waals surface area contributed by atoms with E-state index in [9.17, 15) is 0 Å². The van der Waals surface area contributed by atoms with Crippen molar-refractivity contribution in [3.8, 4) is 0 Å². The molecule has 0 spiro atoms. The van der Waals surface area contributed by atoms with Crippen LogP contribution < -0.4 is 0 Å². The summed E-state index contributed by atoms with van der Waals surface area (Å²) in [6.07, 6.45) is 10.7. The van der Waals surface area contributed by atoms with Crippen molar-refractivity contribution in [3.63, 3.8) is 0 Å². The van der Waals surface area contributed by atoms with Crippen LogP contribution in [-0.2, 0) is 0 Å². The van der Waals surface area contributed by atoms with E-state index in [1.165, 1.54) is 18.4 Å². The maximum atomic E-state index is 2.38. The van der Waals surface area contributed by atoms with Gasteiger partial charge < -0.3 is 0 Å². The fourth-order valence-electron chi connectivity index (χ4n) is 2.60. The number of hydrogen-bond acceptors (Lipinski definition) is 0. The Labute approximate surface area is 85.0 Å². The van der Waals surface area contributed by atoms with Crippen LogP contribution >= 0.6 is 0 Å². The zero-order valence-electron chi connectivity index (χ0n) is 8.24. The van der Waals surface area contributed by atoms with Gasteiger partial charge in [0.25, 0.3) is 0 Å². The Kier molecular flexibility index (Phi) is 1.80. The highest BCUT2D eigenvalue weighted by Crippen LogP contribution is 2.42. The quantitative estimate of drug-likeness (QED) is 0.534. The molecule has 0 aliphatic heterocycles. The lowest BCUT2D eigenvalue weighted by Gasteiger charge is -2.12. The Morgan fingerprint density at radius 2 is 2.00 bits per heavy atom. The van der Waals surface area contributed by atoms with Gasteiger partial charge in [0.05, 0.1) is 0 Å². The number of benzene rings is 1. The third-order valence-electron chi connectivity index (χ3n) is 3.30. The second-order valence-electron chi connectivity index (χ2n) is 4.15. The summed E-state index contributed by atoms with van der Waals surface area (Å²) in [5, 5.41) is 0. The van der Waals surface area contributed by atoms with Crippen molar-refractivity contribution >= 4 is 6.08 Å². The van der Waals surface area contributed by atoms with Gasteiger partial charge in [-0.2, -0.15) is 0 Å². The summed E-state index contributed by atoms with van der Waals surface area (Å²) in [4.78, 5) is 0. The van der Waals surface area contributed by atoms with Crippen LogP contribution in [0.15, 0.2) is 42.0 Å². The van der Waals surface area contributed by atoms with E-state index in [1.807, 2.05) is 0 Å². The Bertz CT molecular complexity index is 410. The SMILES string of the molecule is C1=CCC2=Cc3ccccc3C2CC1. The molecular weight excluding hydrogens is 168 g/mol. The second kappa shape index (κ2) is 3.13. The molecule has 0 heterocycles. The van der Waals surface area contributed by atoms with Crippen molar-refractivity contribution in [3.05, 3.63) is 53.1 Å². The van der Waals surface area contributed by atoms with Crippen LogP contribution in [0.2, 0.25) is 0 Å². The molecule has 0 saturated heterocycles. The fraction of sp³-hybridized carbons (Fsp3) is 0.286. The number of allylic oxidation sites excluding steroid dienone is 3. The molecule has 1 aromatic rings. The average Bonchev–Trinajstić information content (AvgIpc) is 2.42. The molecule has 0 N–H and O–H groups in total. The topological polar surface area (TPSA) is 0 Å². The lowest BCUT2D eigenvalue weighted by molar-refractivity contribution is 0.730. The second-order valence-corrected chi connectivity index (χ2v) is 4.15. The summed E-state index contributed by atoms with van der Waals surface area (Å²) in [5.74, 6) is 0.709. The molecule has 0 amide bonds. The van der Waals surface area contributed by atoms with Crippen LogP contribution in [0.3, 0.4) is 0 Å². The van der Waals surface area contributed by atoms with E-state index in [0.717, 1.165) is 6.42 Å². The van der Waals surface area contributed by atoms with E-state index < -0.39 is 0 Å². The van der Waals surface area contributed by atoms with Gasteiger partial charge in [-0.15, -0.1) is 0 Å². The minimum atomic E-state index is 0.709. The van der Waals surface area contributed by atoms with E-state index in [2.05, 4.69) is 42.5 Å². The standard InChI is InChI=1S/C14H14/c1-2-6-11-10-12-7-4-5-9-14(12)13(11)8-3-1/h1-2,4-5,7,9-10,13H,3,6,8H2. The van der Waals surface area contributed by atoms with Gasteiger partial charge >= 0.3 is 0 Å². The van der Waals surface area contributed by atoms with Gasteiger partial charge in [0.1, 0.15) is 0 Å². The molecule has 3 rings (SSSR count). The van der Waals surface area contributed by atoms with Gasteiger partial charge in [0.2, 0.25) is 0 Å². The summed E-state index contributed by atoms with van der Waals surface area (Å²) in [6, 6.07) is 8.82. The molecule has 0 aromatic heterocycles. The molecule has 1 aromatic carbocycles. The zero-order valence-corrected chi connectivity index (χ0v) is 8.24. The summed E-state index contributed by atoms with van der Waals surface area (Å²) in [5.41, 5.74) is 4.61. The third kappa shape index (κ3) is 1.14. The van der Waals surface area contributed by atoms with Gasteiger partial charge in [-0.3, -0.25) is 0 Å². The molecule has 0 nitrogen and oxygen atoms in total. The van der Waals surface area contributed by atoms with Crippen LogP contribution in [0.25, 0.3) is 6.08 Å². The number of fused-ring (bicyclic) bond motifs is 3. The maximum Gasteiger partial charge on any atom is 0.00634 e. The van der Waals surface area contributed by atoms with E-state index in [1.54, 1.807) is 11.1 Å². The Morgan fingerprint density at radius 1 is 1.07 bits per heavy atom. The monoisotopic (exact) mass is 182 g/mol. The highest BCUT2D eigenvalue weighted by atomic mass is 14.3. The molecule has 14 heavy (non-hydrogen) atoms. The van der Waals surface area contributed by atoms with Crippen molar-refractivity contribution in [1.29, 1.82) is 0 Å². The first-order chi connectivity index (χ1) is 6.95. The van der Waals surface area contributed by atoms with Gasteiger partial charge in [-0.25, -0.2) is 0 Å². The normalized spacial score (nSPS) is 23.7. The zero-order chi connectivity index (χ0) is 9.38. The maximum absolute atomic E-state index is 2.38. The van der Waals surface area contributed by atoms with Crippen molar-refractivity contribution < 1.29 is 0 Å². The predicted molar refractivity (Wildman–Crippen MR) is 60.2 cm³/mol. The van der Waals surface area contributed by atoms with Crippen LogP contribution in [0.5, 0.6) is 0 Å². The largest absolute Gasteiger partial charge is 0.0882 e. The number of rotatable bonds is 0. The highest BCUT2D eigenvalue weighted by molar-refractivity contribution is 5.66. The average molecular weight is 182 g/mol. The van der Waals surface area contributed by atoms with Gasteiger partial charge in [-0.05, 0) is 30.4 Å². The molecule has 2 aliphatic carbocycles. The molecule has 0 bridgehead atoms. The Hall–Kier alpha value is -1.30. The highest BCUT2D eigenvalue weighted by Gasteiger charge is 2.24. The molecule has 1 unspecified atom stereocenters. The third-order valence-corrected chi connectivity index (χ3v) is 3.30. The van der Waals surface area contributed by atoms with Crippen molar-refractivity contribution in [2.24, 2.45) is 0 Å². The molecular formula is C14H14. The van der Waals surface area contributed by atoms with E-state index in [-0.39, 0.29) is 0 Å². The molecule has 0 saturated carbocycles. The smallest absolute Gasteiger partial charge is 0.00634 e. The van der Waals surface area contributed by atoms with Gasteiger partial charge in [0.15, 0.2) is 0 Å². The predicted octanol–water partition coefficient (Wildman–Crippen LogP) is 3.91. The summed E-state index contributed by atoms with van der Waals surface area (Å²) >= 11 is 0. The molecule has 0 radical (unpaired) electrons. The first kappa shape index (κ1) is 8.05. The Balaban J connectivity index is 2.07. The summed E-state index contributed by atoms with van der Waals surface area (Å²) in [6.45, 7) is 0. The molecule has 0 heteroatoms. The van der Waals surface area contributed by atoms with Crippen LogP contribution in [0.1, 0.15) is 36.3 Å². The van der Waals surface area contributed by atoms with Crippen molar-refractivity contribution in [1.82, 2.24) is 0 Å². The summed E-state index contributed by atoms with van der Waals surface area (Å²) in [7, 11) is 0. The molecule has 0 fully saturated rings. The van der Waals surface area contributed by atoms with Crippen LogP contribution in [-0.4, -0.2) is 0 Å². The van der Waals surface area contributed by atoms with Gasteiger partial charge in [-0.1, -0.05) is 48.1 Å². The van der Waals surface area contributed by atoms with Crippen molar-refractivity contribution in [2.45, 2.75) is 25.2 Å². The first-order valence-corrected chi connectivity index (χ1v) is 5.39.